The summed E-state index contributed by atoms with van der Waals surface area (Å²) >= 11 is 0. The summed E-state index contributed by atoms with van der Waals surface area (Å²) in [4.78, 5) is 27.2. The monoisotopic (exact) mass is 380 g/mol. The molecule has 0 radical (unpaired) electrons. The number of aliphatic hydroxyl groups is 4. The number of rotatable bonds is 2. The third-order valence-corrected chi connectivity index (χ3v) is 8.15. The highest BCUT2D eigenvalue weighted by Gasteiger charge is 2.87. The van der Waals surface area contributed by atoms with Crippen molar-refractivity contribution < 1.29 is 34.8 Å². The number of hydrogen-bond donors (Lipinski definition) is 4. The van der Waals surface area contributed by atoms with Gasteiger partial charge in [-0.05, 0) is 44.3 Å². The number of ketones is 2. The van der Waals surface area contributed by atoms with Crippen LogP contribution in [0.25, 0.3) is 0 Å². The van der Waals surface area contributed by atoms with Crippen LogP contribution in [0.4, 0.5) is 0 Å². The van der Waals surface area contributed by atoms with Gasteiger partial charge in [-0.2, -0.15) is 0 Å². The van der Waals surface area contributed by atoms with Gasteiger partial charge in [-0.15, -0.1) is 0 Å². The van der Waals surface area contributed by atoms with Crippen LogP contribution in [-0.4, -0.2) is 61.7 Å². The van der Waals surface area contributed by atoms with Crippen LogP contribution in [0.5, 0.6) is 0 Å². The van der Waals surface area contributed by atoms with E-state index >= 15 is 0 Å². The zero-order chi connectivity index (χ0) is 20.2. The summed E-state index contributed by atoms with van der Waals surface area (Å²) in [7, 11) is 0. The first-order chi connectivity index (χ1) is 12.4. The van der Waals surface area contributed by atoms with Crippen molar-refractivity contribution in [2.75, 3.05) is 6.61 Å². The van der Waals surface area contributed by atoms with E-state index in [1.165, 1.54) is 13.0 Å². The Bertz CT molecular complexity index is 776. The van der Waals surface area contributed by atoms with Gasteiger partial charge in [0.25, 0.3) is 0 Å². The molecule has 4 N–H and O–H groups in total. The lowest BCUT2D eigenvalue weighted by atomic mass is 9.51. The molecule has 150 valence electrons. The highest BCUT2D eigenvalue weighted by atomic mass is 16.7. The number of carbonyl (C=O) groups is 2. The minimum atomic E-state index is -2.08. The highest BCUT2D eigenvalue weighted by Crippen LogP contribution is 2.71. The van der Waals surface area contributed by atoms with Crippen molar-refractivity contribution in [1.29, 1.82) is 0 Å². The van der Waals surface area contributed by atoms with Crippen LogP contribution < -0.4 is 0 Å². The molecule has 0 aromatic carbocycles. The van der Waals surface area contributed by atoms with E-state index in [2.05, 4.69) is 0 Å². The normalized spacial score (nSPS) is 55.2. The fraction of sp³-hybridized carbons (Fsp3) is 0.800. The molecule has 4 aliphatic rings. The number of Topliss-reactive ketones (excluding diaryl/α,β-unsaturated/α-hetero) is 1. The minimum absolute atomic E-state index is 0.115. The molecule has 1 spiro atoms. The number of carbonyl (C=O) groups excluding carboxylic acids is 2. The van der Waals surface area contributed by atoms with Gasteiger partial charge >= 0.3 is 0 Å². The summed E-state index contributed by atoms with van der Waals surface area (Å²) in [6, 6.07) is 0. The van der Waals surface area contributed by atoms with E-state index in [-0.39, 0.29) is 30.9 Å². The number of fused-ring (bicyclic) bond motifs is 2. The largest absolute Gasteiger partial charge is 0.396 e. The number of allylic oxidation sites excluding steroid dienone is 1. The zero-order valence-corrected chi connectivity index (χ0v) is 16.2. The SMILES string of the molecule is C[C@@H](CO)C1=CC(=O)[C@@]2(C)C[C@]3(O)O[C@]4(C(=O)[C@@]13C)[C@H](O)[C@@H](C)CC[C@@]42O. The summed E-state index contributed by atoms with van der Waals surface area (Å²) in [5, 5.41) is 44.1. The van der Waals surface area contributed by atoms with Crippen molar-refractivity contribution in [3.05, 3.63) is 11.6 Å². The van der Waals surface area contributed by atoms with Gasteiger partial charge in [0.05, 0.1) is 11.5 Å². The predicted molar refractivity (Wildman–Crippen MR) is 93.3 cm³/mol. The van der Waals surface area contributed by atoms with Crippen LogP contribution in [0, 0.1) is 22.7 Å². The maximum atomic E-state index is 13.9. The Morgan fingerprint density at radius 1 is 1.30 bits per heavy atom. The van der Waals surface area contributed by atoms with E-state index in [1.54, 1.807) is 20.8 Å². The van der Waals surface area contributed by atoms with Crippen molar-refractivity contribution in [3.8, 4) is 0 Å². The molecule has 27 heavy (non-hydrogen) atoms. The van der Waals surface area contributed by atoms with Crippen LogP contribution >= 0.6 is 0 Å². The van der Waals surface area contributed by atoms with E-state index < -0.39 is 51.4 Å². The van der Waals surface area contributed by atoms with E-state index in [1.807, 2.05) is 0 Å². The van der Waals surface area contributed by atoms with Gasteiger partial charge in [-0.3, -0.25) is 9.59 Å². The fourth-order valence-electron chi connectivity index (χ4n) is 6.21. The van der Waals surface area contributed by atoms with Gasteiger partial charge < -0.3 is 25.2 Å². The molecule has 7 nitrogen and oxygen atoms in total. The van der Waals surface area contributed by atoms with Crippen molar-refractivity contribution in [2.24, 2.45) is 22.7 Å². The molecule has 3 fully saturated rings. The zero-order valence-electron chi connectivity index (χ0n) is 16.2. The summed E-state index contributed by atoms with van der Waals surface area (Å²) in [5.41, 5.74) is -6.85. The second-order valence-electron chi connectivity index (χ2n) is 9.45. The topological polar surface area (TPSA) is 124 Å². The number of hydrogen-bond acceptors (Lipinski definition) is 7. The molecule has 2 heterocycles. The lowest BCUT2D eigenvalue weighted by Gasteiger charge is -2.61. The summed E-state index contributed by atoms with van der Waals surface area (Å²) in [6.45, 7) is 6.16. The molecule has 3 bridgehead atoms. The van der Waals surface area contributed by atoms with Crippen molar-refractivity contribution >= 4 is 11.6 Å². The molecule has 0 aromatic rings. The Hall–Kier alpha value is -1.12. The lowest BCUT2D eigenvalue weighted by molar-refractivity contribution is -0.375. The Morgan fingerprint density at radius 3 is 2.52 bits per heavy atom. The first-order valence-corrected chi connectivity index (χ1v) is 9.61. The summed E-state index contributed by atoms with van der Waals surface area (Å²) in [6.07, 6.45) is 0.242. The molecule has 4 rings (SSSR count). The molecular weight excluding hydrogens is 352 g/mol. The lowest BCUT2D eigenvalue weighted by Crippen LogP contribution is -2.78. The maximum Gasteiger partial charge on any atom is 0.186 e. The third kappa shape index (κ3) is 1.69. The second-order valence-corrected chi connectivity index (χ2v) is 9.45. The fourth-order valence-corrected chi connectivity index (χ4v) is 6.21. The second kappa shape index (κ2) is 5.07. The van der Waals surface area contributed by atoms with Gasteiger partial charge in [-0.25, -0.2) is 0 Å². The standard InChI is InChI=1S/C20H28O7/c1-10-5-6-18(25)16(3)9-19(26)17(4,12(7-13(16)22)11(2)8-21)15(24)20(18,27-19)14(10)23/h7,10-11,14,21,23,25-26H,5-6,8-9H2,1-4H3/t10-,11-,14+,16+,17+,18-,19-,20-/m0/s1. The predicted octanol–water partition coefficient (Wildman–Crippen LogP) is 0.0888. The molecule has 0 amide bonds. The Balaban J connectivity index is 2.10. The average molecular weight is 380 g/mol. The molecule has 0 aromatic heterocycles. The van der Waals surface area contributed by atoms with E-state index in [0.717, 1.165) is 0 Å². The van der Waals surface area contributed by atoms with Crippen molar-refractivity contribution in [1.82, 2.24) is 0 Å². The van der Waals surface area contributed by atoms with Crippen molar-refractivity contribution in [3.63, 3.8) is 0 Å². The Labute approximate surface area is 158 Å². The molecular formula is C20H28O7. The maximum absolute atomic E-state index is 13.9. The minimum Gasteiger partial charge on any atom is -0.396 e. The molecule has 2 aliphatic heterocycles. The molecule has 2 saturated heterocycles. The average Bonchev–Trinajstić information content (AvgIpc) is 2.74. The smallest absolute Gasteiger partial charge is 0.186 e. The number of ether oxygens (including phenoxy) is 1. The molecule has 1 saturated carbocycles. The number of aliphatic hydroxyl groups excluding tert-OH is 2. The van der Waals surface area contributed by atoms with Crippen LogP contribution in [-0.2, 0) is 14.3 Å². The molecule has 0 unspecified atom stereocenters. The summed E-state index contributed by atoms with van der Waals surface area (Å²) < 4.78 is 5.96. The van der Waals surface area contributed by atoms with Crippen molar-refractivity contribution in [2.45, 2.75) is 70.1 Å². The highest BCUT2D eigenvalue weighted by molar-refractivity contribution is 6.08. The van der Waals surface area contributed by atoms with E-state index in [0.29, 0.717) is 6.42 Å². The van der Waals surface area contributed by atoms with Crippen LogP contribution in [0.1, 0.15) is 47.0 Å². The third-order valence-electron chi connectivity index (χ3n) is 8.15. The molecule has 7 heteroatoms. The summed E-state index contributed by atoms with van der Waals surface area (Å²) in [5.74, 6) is -3.99. The first kappa shape index (κ1) is 19.2. The van der Waals surface area contributed by atoms with Crippen LogP contribution in [0.3, 0.4) is 0 Å². The van der Waals surface area contributed by atoms with Crippen LogP contribution in [0.2, 0.25) is 0 Å². The Morgan fingerprint density at radius 2 is 1.93 bits per heavy atom. The quantitative estimate of drug-likeness (QED) is 0.535. The van der Waals surface area contributed by atoms with Gasteiger partial charge in [-0.1, -0.05) is 13.8 Å². The molecule has 2 aliphatic carbocycles. The first-order valence-electron chi connectivity index (χ1n) is 9.61. The Kier molecular flexibility index (Phi) is 3.61. The van der Waals surface area contributed by atoms with Gasteiger partial charge in [0, 0.05) is 18.9 Å². The van der Waals surface area contributed by atoms with E-state index in [4.69, 9.17) is 4.74 Å². The van der Waals surface area contributed by atoms with Gasteiger partial charge in [0.2, 0.25) is 0 Å². The van der Waals surface area contributed by atoms with Crippen LogP contribution in [0.15, 0.2) is 11.6 Å². The van der Waals surface area contributed by atoms with E-state index in [9.17, 15) is 30.0 Å². The molecule has 8 atom stereocenters. The van der Waals surface area contributed by atoms with Gasteiger partial charge in [0.1, 0.15) is 11.0 Å². The van der Waals surface area contributed by atoms with Gasteiger partial charge in [0.15, 0.2) is 23.0 Å².